The lowest BCUT2D eigenvalue weighted by molar-refractivity contribution is 0.355. The zero-order chi connectivity index (χ0) is 21.8. The Hall–Kier alpha value is -3.70. The molecule has 0 amide bonds. The molecule has 4 aromatic rings. The summed E-state index contributed by atoms with van der Waals surface area (Å²) in [5, 5.41) is 10.3. The number of ether oxygens (including phenoxy) is 2. The molecule has 2 aromatic heterocycles. The minimum absolute atomic E-state index is 0.192. The maximum Gasteiger partial charge on any atom is 0.201 e. The molecule has 0 saturated carbocycles. The Balaban J connectivity index is 1.71. The van der Waals surface area contributed by atoms with E-state index in [2.05, 4.69) is 30.2 Å². The van der Waals surface area contributed by atoms with Crippen LogP contribution in [0.25, 0.3) is 22.4 Å². The van der Waals surface area contributed by atoms with E-state index in [0.29, 0.717) is 34.2 Å². The molecule has 0 radical (unpaired) electrons. The van der Waals surface area contributed by atoms with Crippen LogP contribution in [-0.2, 0) is 17.4 Å². The fourth-order valence-electron chi connectivity index (χ4n) is 3.09. The summed E-state index contributed by atoms with van der Waals surface area (Å²) in [7, 11) is 0.480. The number of hydrogen-bond donors (Lipinski definition) is 4. The van der Waals surface area contributed by atoms with Gasteiger partial charge in [0.1, 0.15) is 11.0 Å². The van der Waals surface area contributed by atoms with Crippen molar-refractivity contribution in [1.82, 2.24) is 24.9 Å². The molecule has 0 saturated heterocycles. The van der Waals surface area contributed by atoms with Crippen molar-refractivity contribution in [2.45, 2.75) is 6.54 Å². The Morgan fingerprint density at radius 2 is 1.87 bits per heavy atom. The van der Waals surface area contributed by atoms with Crippen molar-refractivity contribution < 1.29 is 17.9 Å². The molecule has 0 aliphatic heterocycles. The van der Waals surface area contributed by atoms with Crippen molar-refractivity contribution in [3.05, 3.63) is 54.2 Å². The van der Waals surface area contributed by atoms with Crippen LogP contribution in [0.1, 0.15) is 5.56 Å². The van der Waals surface area contributed by atoms with Gasteiger partial charge in [-0.1, -0.05) is 18.2 Å². The molecule has 3 N–H and O–H groups in total. The van der Waals surface area contributed by atoms with Gasteiger partial charge in [-0.15, -0.1) is 0 Å². The van der Waals surface area contributed by atoms with Gasteiger partial charge in [0.05, 0.1) is 20.4 Å². The second kappa shape index (κ2) is 8.98. The van der Waals surface area contributed by atoms with Gasteiger partial charge < -0.3 is 14.8 Å². The van der Waals surface area contributed by atoms with Crippen LogP contribution in [0.5, 0.6) is 11.5 Å². The van der Waals surface area contributed by atoms with E-state index in [4.69, 9.17) is 9.47 Å². The molecule has 2 heterocycles. The van der Waals surface area contributed by atoms with E-state index in [0.717, 1.165) is 16.8 Å². The molecule has 10 nitrogen and oxygen atoms in total. The number of nitrogens with one attached hydrogen (secondary N) is 3. The lowest BCUT2D eigenvalue weighted by Gasteiger charge is -2.12. The lowest BCUT2D eigenvalue weighted by Crippen LogP contribution is -2.10. The van der Waals surface area contributed by atoms with Crippen LogP contribution < -0.4 is 19.5 Å². The lowest BCUT2D eigenvalue weighted by atomic mass is 10.1. The number of H-pyrrole nitrogens is 1. The summed E-state index contributed by atoms with van der Waals surface area (Å²) >= 11 is 0. The van der Waals surface area contributed by atoms with Gasteiger partial charge in [0.15, 0.2) is 23.1 Å². The van der Waals surface area contributed by atoms with Crippen LogP contribution in [-0.4, -0.2) is 42.8 Å². The highest BCUT2D eigenvalue weighted by Crippen LogP contribution is 2.32. The van der Waals surface area contributed by atoms with E-state index in [-0.39, 0.29) is 6.54 Å². The average Bonchev–Trinajstić information content (AvgIpc) is 3.27. The summed E-state index contributed by atoms with van der Waals surface area (Å²) in [6, 6.07) is 12.8. The van der Waals surface area contributed by atoms with Gasteiger partial charge in [0.25, 0.3) is 0 Å². The van der Waals surface area contributed by atoms with Gasteiger partial charge in [-0.3, -0.25) is 5.10 Å². The fourth-order valence-corrected chi connectivity index (χ4v) is 3.40. The van der Waals surface area contributed by atoms with Crippen LogP contribution in [0, 0.1) is 0 Å². The van der Waals surface area contributed by atoms with E-state index < -0.39 is 10.9 Å². The number of hydrogen-bond acceptors (Lipinski definition) is 8. The maximum absolute atomic E-state index is 10.8. The Kier molecular flexibility index (Phi) is 5.96. The first-order valence-corrected chi connectivity index (χ1v) is 10.4. The van der Waals surface area contributed by atoms with Gasteiger partial charge in [-0.2, -0.15) is 5.10 Å². The Morgan fingerprint density at radius 3 is 2.65 bits per heavy atom. The largest absolute Gasteiger partial charge is 0.493 e. The SMILES string of the molecule is COc1ccc(Nc2nc(-c3cccc(CN[SH](=O)=O)c3)nc3cn[nH]c23)cc1OC. The molecule has 11 heteroatoms. The van der Waals surface area contributed by atoms with Crippen LogP contribution in [0.2, 0.25) is 0 Å². The van der Waals surface area contributed by atoms with E-state index in [1.807, 2.05) is 30.3 Å². The van der Waals surface area contributed by atoms with E-state index in [1.54, 1.807) is 32.5 Å². The number of thiol groups is 1. The summed E-state index contributed by atoms with van der Waals surface area (Å²) < 4.78 is 34.7. The Morgan fingerprint density at radius 1 is 1.03 bits per heavy atom. The van der Waals surface area contributed by atoms with Crippen LogP contribution in [0.3, 0.4) is 0 Å². The minimum Gasteiger partial charge on any atom is -0.493 e. The Bertz CT molecular complexity index is 1300. The predicted molar refractivity (Wildman–Crippen MR) is 117 cm³/mol. The molecule has 0 bridgehead atoms. The second-order valence-corrected chi connectivity index (χ2v) is 7.34. The third-order valence-electron chi connectivity index (χ3n) is 4.54. The number of rotatable bonds is 8. The second-order valence-electron chi connectivity index (χ2n) is 6.51. The molecular formula is C20H20N6O4S. The van der Waals surface area contributed by atoms with Crippen molar-refractivity contribution in [1.29, 1.82) is 0 Å². The normalized spacial score (nSPS) is 11.1. The molecule has 0 aliphatic rings. The van der Waals surface area contributed by atoms with Gasteiger partial charge in [0.2, 0.25) is 10.9 Å². The van der Waals surface area contributed by atoms with E-state index in [9.17, 15) is 8.42 Å². The number of nitrogens with zero attached hydrogens (tertiary/aromatic N) is 3. The van der Waals surface area contributed by atoms with Crippen molar-refractivity contribution >= 4 is 33.4 Å². The molecule has 31 heavy (non-hydrogen) atoms. The summed E-state index contributed by atoms with van der Waals surface area (Å²) in [4.78, 5) is 9.24. The minimum atomic E-state index is -2.67. The highest BCUT2D eigenvalue weighted by molar-refractivity contribution is 7.70. The summed E-state index contributed by atoms with van der Waals surface area (Å²) in [6.45, 7) is 0.192. The molecule has 0 aliphatic carbocycles. The highest BCUT2D eigenvalue weighted by Gasteiger charge is 2.13. The predicted octanol–water partition coefficient (Wildman–Crippen LogP) is 2.40. The average molecular weight is 440 g/mol. The van der Waals surface area contributed by atoms with Gasteiger partial charge in [-0.25, -0.2) is 23.1 Å². The van der Waals surface area contributed by atoms with Crippen molar-refractivity contribution in [2.24, 2.45) is 0 Å². The van der Waals surface area contributed by atoms with E-state index in [1.165, 1.54) is 0 Å². The van der Waals surface area contributed by atoms with Crippen LogP contribution in [0.15, 0.2) is 48.7 Å². The van der Waals surface area contributed by atoms with E-state index >= 15 is 0 Å². The molecular weight excluding hydrogens is 420 g/mol. The maximum atomic E-state index is 10.8. The van der Waals surface area contributed by atoms with Crippen molar-refractivity contribution in [3.63, 3.8) is 0 Å². The quantitative estimate of drug-likeness (QED) is 0.307. The van der Waals surface area contributed by atoms with Crippen LogP contribution >= 0.6 is 0 Å². The zero-order valence-electron chi connectivity index (χ0n) is 16.7. The molecule has 4 rings (SSSR count). The Labute approximate surface area is 179 Å². The van der Waals surface area contributed by atoms with Crippen LogP contribution in [0.4, 0.5) is 11.5 Å². The first-order valence-electron chi connectivity index (χ1n) is 9.24. The summed E-state index contributed by atoms with van der Waals surface area (Å²) in [5.41, 5.74) is 3.58. The number of benzene rings is 2. The number of fused-ring (bicyclic) bond motifs is 1. The van der Waals surface area contributed by atoms with Gasteiger partial charge >= 0.3 is 0 Å². The highest BCUT2D eigenvalue weighted by atomic mass is 32.2. The molecule has 0 spiro atoms. The smallest absolute Gasteiger partial charge is 0.201 e. The number of aromatic nitrogens is 4. The molecule has 160 valence electrons. The van der Waals surface area contributed by atoms with Gasteiger partial charge in [0, 0.05) is 23.9 Å². The first-order chi connectivity index (χ1) is 15.1. The first kappa shape index (κ1) is 20.6. The topological polar surface area (TPSA) is 131 Å². The zero-order valence-corrected chi connectivity index (χ0v) is 17.6. The number of anilines is 2. The monoisotopic (exact) mass is 440 g/mol. The van der Waals surface area contributed by atoms with Gasteiger partial charge in [-0.05, 0) is 23.8 Å². The van der Waals surface area contributed by atoms with Crippen molar-refractivity contribution in [3.8, 4) is 22.9 Å². The fraction of sp³-hybridized carbons (Fsp3) is 0.150. The number of aromatic amines is 1. The molecule has 0 fully saturated rings. The summed E-state index contributed by atoms with van der Waals surface area (Å²) in [5.74, 6) is 2.22. The third kappa shape index (κ3) is 4.57. The molecule has 0 unspecified atom stereocenters. The third-order valence-corrected chi connectivity index (χ3v) is 4.96. The number of methoxy groups -OCH3 is 2. The van der Waals surface area contributed by atoms with Crippen molar-refractivity contribution in [2.75, 3.05) is 19.5 Å². The molecule has 0 atom stereocenters. The standard InChI is InChI=1S/C20H20N6O4S/c1-29-16-7-6-14(9-17(16)30-2)23-20-18-15(11-21-26-18)24-19(25-20)13-5-3-4-12(8-13)10-22-31(27)28/h3-9,11,31H,10H2,1-2H3,(H,21,26)(H,22,27,28)(H,23,24,25). The summed E-state index contributed by atoms with van der Waals surface area (Å²) in [6.07, 6.45) is 1.62. The molecule has 2 aromatic carbocycles.